The topological polar surface area (TPSA) is 63.2 Å². The summed E-state index contributed by atoms with van der Waals surface area (Å²) < 4.78 is 10.5. The number of esters is 1. The summed E-state index contributed by atoms with van der Waals surface area (Å²) in [7, 11) is 3.19. The van der Waals surface area contributed by atoms with Crippen molar-refractivity contribution in [3.05, 3.63) is 29.3 Å². The fourth-order valence-electron chi connectivity index (χ4n) is 2.71. The molecule has 1 fully saturated rings. The van der Waals surface area contributed by atoms with Crippen molar-refractivity contribution in [1.29, 1.82) is 0 Å². The maximum atomic E-state index is 11.6. The van der Waals surface area contributed by atoms with Crippen molar-refractivity contribution in [1.82, 2.24) is 10.2 Å². The third-order valence-electron chi connectivity index (χ3n) is 4.02. The summed E-state index contributed by atoms with van der Waals surface area (Å²) in [6.07, 6.45) is 1.56. The predicted molar refractivity (Wildman–Crippen MR) is 94.6 cm³/mol. The number of nitrogens with one attached hydrogen (secondary N) is 1. The van der Waals surface area contributed by atoms with Gasteiger partial charge in [0.1, 0.15) is 12.4 Å². The first kappa shape index (κ1) is 18.4. The molecule has 2 rings (SSSR count). The highest BCUT2D eigenvalue weighted by Crippen LogP contribution is 2.22. The molecular weight excluding hydrogens is 330 g/mol. The van der Waals surface area contributed by atoms with Crippen molar-refractivity contribution < 1.29 is 14.3 Å². The molecule has 1 aliphatic rings. The average molecular weight is 354 g/mol. The Bertz CT molecular complexity index is 572. The number of benzene rings is 1. The average Bonchev–Trinajstić information content (AvgIpc) is 2.63. The molecule has 0 unspecified atom stereocenters. The lowest BCUT2D eigenvalue weighted by Crippen LogP contribution is -2.47. The highest BCUT2D eigenvalue weighted by Gasteiger charge is 2.26. The van der Waals surface area contributed by atoms with Crippen LogP contribution in [-0.4, -0.2) is 57.2 Å². The molecule has 0 spiro atoms. The van der Waals surface area contributed by atoms with Crippen LogP contribution < -0.4 is 10.1 Å². The second kappa shape index (κ2) is 9.37. The van der Waals surface area contributed by atoms with Gasteiger partial charge >= 0.3 is 5.97 Å². The standard InChI is InChI=1S/C17H24ClN3O3/c1-19-17(21-10-7-13(8-11-21)16(22)23-2)20-9-12-24-15-6-4-3-5-14(15)18/h3-6,13H,7-12H2,1-2H3,(H,19,20). The van der Waals surface area contributed by atoms with Crippen LogP contribution in [0.15, 0.2) is 29.3 Å². The first-order valence-corrected chi connectivity index (χ1v) is 8.44. The number of guanidine groups is 1. The number of methoxy groups -OCH3 is 1. The quantitative estimate of drug-likeness (QED) is 0.380. The van der Waals surface area contributed by atoms with Crippen LogP contribution in [0.5, 0.6) is 5.75 Å². The van der Waals surface area contributed by atoms with E-state index in [0.29, 0.717) is 23.9 Å². The third kappa shape index (κ3) is 5.03. The number of halogens is 1. The number of hydrogen-bond acceptors (Lipinski definition) is 4. The van der Waals surface area contributed by atoms with Crippen LogP contribution in [0.4, 0.5) is 0 Å². The molecule has 0 aliphatic carbocycles. The van der Waals surface area contributed by atoms with Crippen LogP contribution in [-0.2, 0) is 9.53 Å². The van der Waals surface area contributed by atoms with Gasteiger partial charge in [0, 0.05) is 20.1 Å². The van der Waals surface area contributed by atoms with E-state index < -0.39 is 0 Å². The predicted octanol–water partition coefficient (Wildman–Crippen LogP) is 2.18. The van der Waals surface area contributed by atoms with E-state index in [1.54, 1.807) is 13.1 Å². The Kier molecular flexibility index (Phi) is 7.18. The van der Waals surface area contributed by atoms with E-state index in [4.69, 9.17) is 21.1 Å². The zero-order valence-electron chi connectivity index (χ0n) is 14.1. The Morgan fingerprint density at radius 3 is 2.71 bits per heavy atom. The monoisotopic (exact) mass is 353 g/mol. The molecule has 1 N–H and O–H groups in total. The van der Waals surface area contributed by atoms with Gasteiger partial charge in [0.2, 0.25) is 0 Å². The second-order valence-electron chi connectivity index (χ2n) is 5.54. The lowest BCUT2D eigenvalue weighted by Gasteiger charge is -2.33. The summed E-state index contributed by atoms with van der Waals surface area (Å²) >= 11 is 6.05. The minimum atomic E-state index is -0.120. The summed E-state index contributed by atoms with van der Waals surface area (Å²) in [6, 6.07) is 7.40. The van der Waals surface area contributed by atoms with Crippen LogP contribution in [0.1, 0.15) is 12.8 Å². The van der Waals surface area contributed by atoms with E-state index in [2.05, 4.69) is 15.2 Å². The zero-order valence-corrected chi connectivity index (χ0v) is 14.9. The van der Waals surface area contributed by atoms with Gasteiger partial charge in [-0.2, -0.15) is 0 Å². The molecule has 0 bridgehead atoms. The highest BCUT2D eigenvalue weighted by atomic mass is 35.5. The molecule has 6 nitrogen and oxygen atoms in total. The summed E-state index contributed by atoms with van der Waals surface area (Å²) in [5.41, 5.74) is 0. The van der Waals surface area contributed by atoms with Gasteiger partial charge in [0.05, 0.1) is 24.6 Å². The molecule has 1 heterocycles. The summed E-state index contributed by atoms with van der Waals surface area (Å²) in [5.74, 6) is 1.37. The summed E-state index contributed by atoms with van der Waals surface area (Å²) in [6.45, 7) is 2.67. The molecule has 7 heteroatoms. The summed E-state index contributed by atoms with van der Waals surface area (Å²) in [4.78, 5) is 18.0. The highest BCUT2D eigenvalue weighted by molar-refractivity contribution is 6.32. The molecule has 0 amide bonds. The molecular formula is C17H24ClN3O3. The number of likely N-dealkylation sites (tertiary alicyclic amines) is 1. The van der Waals surface area contributed by atoms with Crippen LogP contribution >= 0.6 is 11.6 Å². The maximum absolute atomic E-state index is 11.6. The number of rotatable bonds is 5. The molecule has 1 saturated heterocycles. The molecule has 0 atom stereocenters. The Hall–Kier alpha value is -1.95. The Labute approximate surface area is 147 Å². The zero-order chi connectivity index (χ0) is 17.4. The van der Waals surface area contributed by atoms with Gasteiger partial charge in [-0.3, -0.25) is 9.79 Å². The van der Waals surface area contributed by atoms with Gasteiger partial charge < -0.3 is 19.7 Å². The van der Waals surface area contributed by atoms with E-state index in [1.807, 2.05) is 18.2 Å². The van der Waals surface area contributed by atoms with Gasteiger partial charge in [-0.1, -0.05) is 23.7 Å². The number of hydrogen-bond donors (Lipinski definition) is 1. The smallest absolute Gasteiger partial charge is 0.308 e. The number of carbonyl (C=O) groups excluding carboxylic acids is 1. The first-order chi connectivity index (χ1) is 11.7. The molecule has 24 heavy (non-hydrogen) atoms. The van der Waals surface area contributed by atoms with Crippen LogP contribution in [0.3, 0.4) is 0 Å². The normalized spacial score (nSPS) is 16.0. The fraction of sp³-hybridized carbons (Fsp3) is 0.529. The molecule has 132 valence electrons. The van der Waals surface area contributed by atoms with Crippen LogP contribution in [0.25, 0.3) is 0 Å². The number of nitrogens with zero attached hydrogens (tertiary/aromatic N) is 2. The van der Waals surface area contributed by atoms with Crippen molar-refractivity contribution in [3.8, 4) is 5.75 Å². The maximum Gasteiger partial charge on any atom is 0.308 e. The lowest BCUT2D eigenvalue weighted by atomic mass is 9.97. The molecule has 1 aromatic carbocycles. The van der Waals surface area contributed by atoms with Crippen molar-refractivity contribution in [2.24, 2.45) is 10.9 Å². The minimum Gasteiger partial charge on any atom is -0.490 e. The van der Waals surface area contributed by atoms with E-state index in [1.165, 1.54) is 7.11 Å². The van der Waals surface area contributed by atoms with Crippen LogP contribution in [0, 0.1) is 5.92 Å². The van der Waals surface area contributed by atoms with Gasteiger partial charge in [0.25, 0.3) is 0 Å². The Morgan fingerprint density at radius 1 is 1.38 bits per heavy atom. The molecule has 1 aromatic rings. The summed E-state index contributed by atoms with van der Waals surface area (Å²) in [5, 5.41) is 3.88. The van der Waals surface area contributed by atoms with E-state index >= 15 is 0 Å². The Balaban J connectivity index is 1.73. The number of aliphatic imine (C=N–C) groups is 1. The van der Waals surface area contributed by atoms with Crippen molar-refractivity contribution in [2.75, 3.05) is 40.4 Å². The van der Waals surface area contributed by atoms with Crippen molar-refractivity contribution in [3.63, 3.8) is 0 Å². The molecule has 1 aliphatic heterocycles. The second-order valence-corrected chi connectivity index (χ2v) is 5.94. The lowest BCUT2D eigenvalue weighted by molar-refractivity contribution is -0.146. The number of ether oxygens (including phenoxy) is 2. The Morgan fingerprint density at radius 2 is 2.08 bits per heavy atom. The van der Waals surface area contributed by atoms with E-state index in [0.717, 1.165) is 31.9 Å². The third-order valence-corrected chi connectivity index (χ3v) is 4.33. The molecule has 0 saturated carbocycles. The largest absolute Gasteiger partial charge is 0.490 e. The van der Waals surface area contributed by atoms with Gasteiger partial charge in [0.15, 0.2) is 5.96 Å². The van der Waals surface area contributed by atoms with Crippen molar-refractivity contribution >= 4 is 23.5 Å². The van der Waals surface area contributed by atoms with Gasteiger partial charge in [-0.05, 0) is 25.0 Å². The van der Waals surface area contributed by atoms with E-state index in [-0.39, 0.29) is 11.9 Å². The minimum absolute atomic E-state index is 0.00656. The number of carbonyl (C=O) groups is 1. The van der Waals surface area contributed by atoms with Gasteiger partial charge in [-0.25, -0.2) is 0 Å². The van der Waals surface area contributed by atoms with Crippen molar-refractivity contribution in [2.45, 2.75) is 12.8 Å². The SMILES string of the molecule is CN=C(NCCOc1ccccc1Cl)N1CCC(C(=O)OC)CC1. The fourth-order valence-corrected chi connectivity index (χ4v) is 2.90. The molecule has 0 aromatic heterocycles. The molecule has 0 radical (unpaired) electrons. The first-order valence-electron chi connectivity index (χ1n) is 8.06. The number of para-hydroxylation sites is 1. The number of piperidine rings is 1. The van der Waals surface area contributed by atoms with Crippen LogP contribution in [0.2, 0.25) is 5.02 Å². The van der Waals surface area contributed by atoms with Gasteiger partial charge in [-0.15, -0.1) is 0 Å². The van der Waals surface area contributed by atoms with E-state index in [9.17, 15) is 4.79 Å².